The molecule has 1 aromatic carbocycles. The molecule has 1 saturated carbocycles. The molecule has 1 aliphatic carbocycles. The van der Waals surface area contributed by atoms with Crippen LogP contribution in [0.2, 0.25) is 0 Å². The van der Waals surface area contributed by atoms with E-state index >= 15 is 0 Å². The number of amides is 1. The molecule has 1 aromatic rings. The summed E-state index contributed by atoms with van der Waals surface area (Å²) in [6.45, 7) is 6.05. The molecule has 0 radical (unpaired) electrons. The van der Waals surface area contributed by atoms with Crippen LogP contribution in [-0.2, 0) is 14.3 Å². The number of nitrogens with zero attached hydrogens (tertiary/aromatic N) is 1. The highest BCUT2D eigenvalue weighted by molar-refractivity contribution is 5.82. The number of benzene rings is 1. The van der Waals surface area contributed by atoms with Crippen LogP contribution >= 0.6 is 0 Å². The predicted molar refractivity (Wildman–Crippen MR) is 103 cm³/mol. The van der Waals surface area contributed by atoms with Crippen LogP contribution in [0.1, 0.15) is 70.8 Å². The molecule has 1 aliphatic heterocycles. The minimum atomic E-state index is -0.574. The highest BCUT2D eigenvalue weighted by atomic mass is 16.6. The minimum Gasteiger partial charge on any atom is -0.460 e. The third-order valence-electron chi connectivity index (χ3n) is 5.35. The van der Waals surface area contributed by atoms with Crippen molar-refractivity contribution >= 4 is 12.1 Å². The summed E-state index contributed by atoms with van der Waals surface area (Å²) in [5.74, 6) is -0.0496. The molecule has 0 aromatic heterocycles. The second-order valence-electron chi connectivity index (χ2n) is 8.61. The Morgan fingerprint density at radius 2 is 1.70 bits per heavy atom. The van der Waals surface area contributed by atoms with Gasteiger partial charge in [-0.15, -0.1) is 0 Å². The predicted octanol–water partition coefficient (Wildman–Crippen LogP) is 4.66. The number of rotatable bonds is 3. The third-order valence-corrected chi connectivity index (χ3v) is 5.35. The van der Waals surface area contributed by atoms with Crippen molar-refractivity contribution in [1.82, 2.24) is 4.90 Å². The number of hydrogen-bond donors (Lipinski definition) is 0. The highest BCUT2D eigenvalue weighted by Gasteiger charge is 2.40. The Labute approximate surface area is 162 Å². The molecule has 0 spiro atoms. The topological polar surface area (TPSA) is 55.8 Å². The van der Waals surface area contributed by atoms with Gasteiger partial charge in [-0.3, -0.25) is 4.90 Å². The molecule has 3 rings (SSSR count). The normalized spacial score (nSPS) is 25.9. The standard InChI is InChI=1S/C22H31NO4/c1-22(2,3)27-21(25)23-15-9-13-18(23)20(24)26-19-14-8-7-12-17(19)16-10-5-4-6-11-16/h4-6,10-11,17-19H,7-9,12-15H2,1-3H3/t17-,18+,19+/m1/s1. The van der Waals surface area contributed by atoms with E-state index in [2.05, 4.69) is 12.1 Å². The Balaban J connectivity index is 1.66. The van der Waals surface area contributed by atoms with Crippen LogP contribution in [0.3, 0.4) is 0 Å². The van der Waals surface area contributed by atoms with E-state index in [-0.39, 0.29) is 18.0 Å². The summed E-state index contributed by atoms with van der Waals surface area (Å²) in [4.78, 5) is 26.9. The van der Waals surface area contributed by atoms with E-state index in [1.807, 2.05) is 39.0 Å². The third kappa shape index (κ3) is 5.02. The van der Waals surface area contributed by atoms with Gasteiger partial charge in [0.1, 0.15) is 17.7 Å². The monoisotopic (exact) mass is 373 g/mol. The van der Waals surface area contributed by atoms with Crippen LogP contribution < -0.4 is 0 Å². The van der Waals surface area contributed by atoms with Crippen LogP contribution in [0.4, 0.5) is 4.79 Å². The number of ether oxygens (including phenoxy) is 2. The Morgan fingerprint density at radius 3 is 2.41 bits per heavy atom. The maximum atomic E-state index is 12.9. The van der Waals surface area contributed by atoms with Crippen molar-refractivity contribution in [3.63, 3.8) is 0 Å². The van der Waals surface area contributed by atoms with Crippen LogP contribution in [-0.4, -0.2) is 41.3 Å². The van der Waals surface area contributed by atoms with Crippen LogP contribution in [0.5, 0.6) is 0 Å². The van der Waals surface area contributed by atoms with Crippen LogP contribution in [0, 0.1) is 0 Å². The van der Waals surface area contributed by atoms with Gasteiger partial charge in [0, 0.05) is 12.5 Å². The molecule has 1 saturated heterocycles. The van der Waals surface area contributed by atoms with Crippen molar-refractivity contribution in [1.29, 1.82) is 0 Å². The molecule has 1 heterocycles. The summed E-state index contributed by atoms with van der Waals surface area (Å²) in [6, 6.07) is 9.76. The lowest BCUT2D eigenvalue weighted by Crippen LogP contribution is -2.45. The van der Waals surface area contributed by atoms with Crippen LogP contribution in [0.15, 0.2) is 30.3 Å². The van der Waals surface area contributed by atoms with Crippen LogP contribution in [0.25, 0.3) is 0 Å². The SMILES string of the molecule is CC(C)(C)OC(=O)N1CCC[C@H]1C(=O)O[C@H]1CCCC[C@@H]1c1ccccc1. The first-order chi connectivity index (χ1) is 12.8. The zero-order chi connectivity index (χ0) is 19.4. The van der Waals surface area contributed by atoms with E-state index in [1.54, 1.807) is 0 Å². The lowest BCUT2D eigenvalue weighted by atomic mass is 9.81. The molecule has 2 fully saturated rings. The van der Waals surface area contributed by atoms with Gasteiger partial charge in [-0.05, 0) is 58.4 Å². The van der Waals surface area contributed by atoms with E-state index in [0.29, 0.717) is 13.0 Å². The van der Waals surface area contributed by atoms with Crippen molar-refractivity contribution in [2.24, 2.45) is 0 Å². The first-order valence-corrected chi connectivity index (χ1v) is 10.1. The van der Waals surface area contributed by atoms with Gasteiger partial charge in [0.25, 0.3) is 0 Å². The zero-order valence-corrected chi connectivity index (χ0v) is 16.6. The second kappa shape index (κ2) is 8.32. The van der Waals surface area contributed by atoms with Gasteiger partial charge in [-0.1, -0.05) is 36.8 Å². The largest absolute Gasteiger partial charge is 0.460 e. The molecular weight excluding hydrogens is 342 g/mol. The Kier molecular flexibility index (Phi) is 6.08. The quantitative estimate of drug-likeness (QED) is 0.724. The average molecular weight is 373 g/mol. The van der Waals surface area contributed by atoms with Crippen molar-refractivity contribution in [3.05, 3.63) is 35.9 Å². The second-order valence-corrected chi connectivity index (χ2v) is 8.61. The van der Waals surface area contributed by atoms with Crippen molar-refractivity contribution in [2.45, 2.75) is 83.0 Å². The fourth-order valence-electron chi connectivity index (χ4n) is 4.10. The maximum absolute atomic E-state index is 12.9. The number of likely N-dealkylation sites (tertiary alicyclic amines) is 1. The molecule has 5 nitrogen and oxygen atoms in total. The van der Waals surface area contributed by atoms with Gasteiger partial charge >= 0.3 is 12.1 Å². The molecule has 0 N–H and O–H groups in total. The summed E-state index contributed by atoms with van der Waals surface area (Å²) in [6.07, 6.45) is 5.03. The van der Waals surface area contributed by atoms with Crippen molar-refractivity contribution in [3.8, 4) is 0 Å². The number of hydrogen-bond acceptors (Lipinski definition) is 4. The van der Waals surface area contributed by atoms with Gasteiger partial charge < -0.3 is 9.47 Å². The summed E-state index contributed by atoms with van der Waals surface area (Å²) in [5, 5.41) is 0. The van der Waals surface area contributed by atoms with Gasteiger partial charge in [-0.25, -0.2) is 9.59 Å². The van der Waals surface area contributed by atoms with Crippen molar-refractivity contribution < 1.29 is 19.1 Å². The number of carbonyl (C=O) groups excluding carboxylic acids is 2. The van der Waals surface area contributed by atoms with Gasteiger partial charge in [0.15, 0.2) is 0 Å². The molecule has 27 heavy (non-hydrogen) atoms. The molecule has 0 bridgehead atoms. The van der Waals surface area contributed by atoms with E-state index in [9.17, 15) is 9.59 Å². The Morgan fingerprint density at radius 1 is 1.00 bits per heavy atom. The maximum Gasteiger partial charge on any atom is 0.411 e. The molecular formula is C22H31NO4. The minimum absolute atomic E-state index is 0.116. The summed E-state index contributed by atoms with van der Waals surface area (Å²) in [7, 11) is 0. The zero-order valence-electron chi connectivity index (χ0n) is 16.6. The average Bonchev–Trinajstić information content (AvgIpc) is 3.12. The highest BCUT2D eigenvalue weighted by Crippen LogP contribution is 2.35. The first-order valence-electron chi connectivity index (χ1n) is 10.1. The van der Waals surface area contributed by atoms with Gasteiger partial charge in [-0.2, -0.15) is 0 Å². The van der Waals surface area contributed by atoms with E-state index < -0.39 is 17.7 Å². The fraction of sp³-hybridized carbons (Fsp3) is 0.636. The summed E-state index contributed by atoms with van der Waals surface area (Å²) < 4.78 is 11.4. The molecule has 2 aliphatic rings. The molecule has 3 atom stereocenters. The Hall–Kier alpha value is -2.04. The lowest BCUT2D eigenvalue weighted by molar-refractivity contribution is -0.156. The van der Waals surface area contributed by atoms with E-state index in [0.717, 1.165) is 32.1 Å². The lowest BCUT2D eigenvalue weighted by Gasteiger charge is -2.33. The Bertz CT molecular complexity index is 652. The van der Waals surface area contributed by atoms with Gasteiger partial charge in [0.2, 0.25) is 0 Å². The van der Waals surface area contributed by atoms with Crippen molar-refractivity contribution in [2.75, 3.05) is 6.54 Å². The summed E-state index contributed by atoms with van der Waals surface area (Å²) in [5.41, 5.74) is 0.654. The summed E-state index contributed by atoms with van der Waals surface area (Å²) >= 11 is 0. The molecule has 5 heteroatoms. The van der Waals surface area contributed by atoms with E-state index in [4.69, 9.17) is 9.47 Å². The molecule has 0 unspecified atom stereocenters. The number of esters is 1. The van der Waals surface area contributed by atoms with Gasteiger partial charge in [0.05, 0.1) is 0 Å². The fourth-order valence-corrected chi connectivity index (χ4v) is 4.10. The molecule has 148 valence electrons. The smallest absolute Gasteiger partial charge is 0.411 e. The molecule has 1 amide bonds. The number of carbonyl (C=O) groups is 2. The first kappa shape index (κ1) is 19.7. The van der Waals surface area contributed by atoms with E-state index in [1.165, 1.54) is 10.5 Å².